The third-order valence-electron chi connectivity index (χ3n) is 4.25. The molecule has 1 aliphatic rings. The molecule has 3 unspecified atom stereocenters. The smallest absolute Gasteiger partial charge is 0.332 e. The number of amides is 2. The van der Waals surface area contributed by atoms with Gasteiger partial charge in [-0.25, -0.2) is 4.79 Å². The van der Waals surface area contributed by atoms with Gasteiger partial charge in [0.05, 0.1) is 5.92 Å². The summed E-state index contributed by atoms with van der Waals surface area (Å²) in [7, 11) is 0. The van der Waals surface area contributed by atoms with Crippen LogP contribution in [0.1, 0.15) is 26.7 Å². The first-order valence-corrected chi connectivity index (χ1v) is 8.41. The van der Waals surface area contributed by atoms with Crippen molar-refractivity contribution in [3.63, 3.8) is 0 Å². The number of nitrogens with one attached hydrogen (secondary N) is 1. The number of rotatable bonds is 6. The van der Waals surface area contributed by atoms with Gasteiger partial charge in [0.2, 0.25) is 5.91 Å². The van der Waals surface area contributed by atoms with Gasteiger partial charge in [0.15, 0.2) is 6.10 Å². The number of nitrogens with zero attached hydrogens (tertiary/aromatic N) is 1. The number of benzene rings is 1. The highest BCUT2D eigenvalue weighted by molar-refractivity contribution is 5.93. The van der Waals surface area contributed by atoms with Crippen LogP contribution in [-0.4, -0.2) is 53.1 Å². The average Bonchev–Trinajstić information content (AvgIpc) is 2.61. The number of carboxylic acid groups (broad SMARTS) is 1. The quantitative estimate of drug-likeness (QED) is 0.816. The summed E-state index contributed by atoms with van der Waals surface area (Å²) in [6, 6.07) is 9.18. The molecule has 0 aliphatic carbocycles. The van der Waals surface area contributed by atoms with Crippen molar-refractivity contribution >= 4 is 23.5 Å². The van der Waals surface area contributed by atoms with Gasteiger partial charge in [-0.2, -0.15) is 0 Å². The number of ether oxygens (including phenoxy) is 1. The molecule has 1 aliphatic heterocycles. The van der Waals surface area contributed by atoms with Gasteiger partial charge < -0.3 is 20.1 Å². The number of hydrogen-bond acceptors (Lipinski definition) is 4. The van der Waals surface area contributed by atoms with E-state index in [1.807, 2.05) is 30.3 Å². The van der Waals surface area contributed by atoms with Crippen LogP contribution in [0.4, 0.5) is 5.69 Å². The fourth-order valence-corrected chi connectivity index (χ4v) is 2.84. The number of carbonyl (C=O) groups is 3. The molecule has 7 nitrogen and oxygen atoms in total. The zero-order valence-corrected chi connectivity index (χ0v) is 14.5. The lowest BCUT2D eigenvalue weighted by Crippen LogP contribution is -2.48. The summed E-state index contributed by atoms with van der Waals surface area (Å²) in [4.78, 5) is 37.3. The third kappa shape index (κ3) is 5.29. The van der Waals surface area contributed by atoms with Crippen LogP contribution in [0.2, 0.25) is 0 Å². The number of para-hydroxylation sites is 1. The largest absolute Gasteiger partial charge is 0.479 e. The fourth-order valence-electron chi connectivity index (χ4n) is 2.84. The van der Waals surface area contributed by atoms with Crippen molar-refractivity contribution in [3.8, 4) is 0 Å². The average molecular weight is 348 g/mol. The van der Waals surface area contributed by atoms with E-state index in [0.717, 1.165) is 12.1 Å². The number of piperidine rings is 1. The van der Waals surface area contributed by atoms with Crippen LogP contribution in [0, 0.1) is 5.92 Å². The SMILES string of the molecule is CC(OC(C)C(=O)N1CCCC(C(=O)Nc2ccccc2)C1)C(=O)O. The monoisotopic (exact) mass is 348 g/mol. The Labute approximate surface area is 147 Å². The van der Waals surface area contributed by atoms with Crippen LogP contribution in [0.15, 0.2) is 30.3 Å². The Balaban J connectivity index is 1.92. The highest BCUT2D eigenvalue weighted by Gasteiger charge is 2.31. The van der Waals surface area contributed by atoms with Crippen molar-refractivity contribution < 1.29 is 24.2 Å². The van der Waals surface area contributed by atoms with Gasteiger partial charge in [-0.1, -0.05) is 18.2 Å². The van der Waals surface area contributed by atoms with Gasteiger partial charge in [-0.05, 0) is 38.8 Å². The molecule has 0 saturated carbocycles. The third-order valence-corrected chi connectivity index (χ3v) is 4.25. The molecule has 3 atom stereocenters. The summed E-state index contributed by atoms with van der Waals surface area (Å²) in [6.45, 7) is 3.78. The van der Waals surface area contributed by atoms with E-state index in [-0.39, 0.29) is 17.7 Å². The van der Waals surface area contributed by atoms with Gasteiger partial charge in [0, 0.05) is 18.8 Å². The van der Waals surface area contributed by atoms with Crippen molar-refractivity contribution in [2.24, 2.45) is 5.92 Å². The first-order valence-electron chi connectivity index (χ1n) is 8.41. The molecule has 0 aromatic heterocycles. The lowest BCUT2D eigenvalue weighted by Gasteiger charge is -2.33. The highest BCUT2D eigenvalue weighted by Crippen LogP contribution is 2.20. The second-order valence-electron chi connectivity index (χ2n) is 6.24. The summed E-state index contributed by atoms with van der Waals surface area (Å²) in [5, 5.41) is 11.7. The molecule has 0 spiro atoms. The minimum atomic E-state index is -1.11. The van der Waals surface area contributed by atoms with Gasteiger partial charge in [-0.3, -0.25) is 9.59 Å². The molecule has 2 N–H and O–H groups in total. The Morgan fingerprint density at radius 1 is 1.20 bits per heavy atom. The van der Waals surface area contributed by atoms with Crippen LogP contribution < -0.4 is 5.32 Å². The first kappa shape index (κ1) is 18.9. The van der Waals surface area contributed by atoms with Crippen molar-refractivity contribution in [3.05, 3.63) is 30.3 Å². The van der Waals surface area contributed by atoms with E-state index in [4.69, 9.17) is 9.84 Å². The Bertz CT molecular complexity index is 619. The summed E-state index contributed by atoms with van der Waals surface area (Å²) in [5.74, 6) is -1.80. The second kappa shape index (κ2) is 8.62. The van der Waals surface area contributed by atoms with E-state index in [9.17, 15) is 14.4 Å². The predicted octanol–water partition coefficient (Wildman–Crippen LogP) is 1.74. The van der Waals surface area contributed by atoms with E-state index in [1.54, 1.807) is 4.90 Å². The van der Waals surface area contributed by atoms with Crippen LogP contribution in [-0.2, 0) is 19.1 Å². The summed E-state index contributed by atoms with van der Waals surface area (Å²) < 4.78 is 5.23. The van der Waals surface area contributed by atoms with Gasteiger partial charge in [-0.15, -0.1) is 0 Å². The summed E-state index contributed by atoms with van der Waals surface area (Å²) in [5.41, 5.74) is 0.725. The minimum Gasteiger partial charge on any atom is -0.479 e. The molecular formula is C18H24N2O5. The second-order valence-corrected chi connectivity index (χ2v) is 6.24. The molecule has 25 heavy (non-hydrogen) atoms. The highest BCUT2D eigenvalue weighted by atomic mass is 16.5. The molecule has 0 bridgehead atoms. The molecule has 1 fully saturated rings. The normalized spacial score (nSPS) is 19.8. The maximum Gasteiger partial charge on any atom is 0.332 e. The molecule has 2 rings (SSSR count). The van der Waals surface area contributed by atoms with E-state index in [1.165, 1.54) is 13.8 Å². The zero-order valence-electron chi connectivity index (χ0n) is 14.5. The van der Waals surface area contributed by atoms with Crippen molar-refractivity contribution in [1.82, 2.24) is 4.90 Å². The number of hydrogen-bond donors (Lipinski definition) is 2. The molecule has 136 valence electrons. The summed E-state index contributed by atoms with van der Waals surface area (Å²) >= 11 is 0. The van der Waals surface area contributed by atoms with Gasteiger partial charge >= 0.3 is 5.97 Å². The number of aliphatic carboxylic acids is 1. The maximum absolute atomic E-state index is 12.5. The maximum atomic E-state index is 12.5. The molecule has 1 aromatic rings. The van der Waals surface area contributed by atoms with Crippen molar-refractivity contribution in [2.75, 3.05) is 18.4 Å². The van der Waals surface area contributed by atoms with E-state index in [0.29, 0.717) is 19.5 Å². The van der Waals surface area contributed by atoms with Crippen molar-refractivity contribution in [1.29, 1.82) is 0 Å². The van der Waals surface area contributed by atoms with Crippen LogP contribution in [0.5, 0.6) is 0 Å². The van der Waals surface area contributed by atoms with Crippen LogP contribution in [0.3, 0.4) is 0 Å². The van der Waals surface area contributed by atoms with Crippen molar-refractivity contribution in [2.45, 2.75) is 38.9 Å². The van der Waals surface area contributed by atoms with Gasteiger partial charge in [0.25, 0.3) is 5.91 Å². The number of carbonyl (C=O) groups excluding carboxylic acids is 2. The zero-order chi connectivity index (χ0) is 18.4. The Hall–Kier alpha value is -2.41. The molecule has 7 heteroatoms. The Kier molecular flexibility index (Phi) is 6.52. The van der Waals surface area contributed by atoms with Crippen LogP contribution >= 0.6 is 0 Å². The molecule has 2 amide bonds. The molecular weight excluding hydrogens is 324 g/mol. The topological polar surface area (TPSA) is 95.9 Å². The standard InChI is InChI=1S/C18H24N2O5/c1-12(25-13(2)18(23)24)17(22)20-10-6-7-14(11-20)16(21)19-15-8-4-3-5-9-15/h3-5,8-9,12-14H,6-7,10-11H2,1-2H3,(H,19,21)(H,23,24). The molecule has 1 aromatic carbocycles. The first-order chi connectivity index (χ1) is 11.9. The summed E-state index contributed by atoms with van der Waals surface area (Å²) in [6.07, 6.45) is -0.480. The molecule has 1 saturated heterocycles. The Morgan fingerprint density at radius 3 is 2.52 bits per heavy atom. The molecule has 1 heterocycles. The number of carboxylic acids is 1. The van der Waals surface area contributed by atoms with Gasteiger partial charge in [0.1, 0.15) is 6.10 Å². The van der Waals surface area contributed by atoms with E-state index >= 15 is 0 Å². The van der Waals surface area contributed by atoms with E-state index in [2.05, 4.69) is 5.32 Å². The lowest BCUT2D eigenvalue weighted by molar-refractivity contribution is -0.160. The Morgan fingerprint density at radius 2 is 1.88 bits per heavy atom. The molecule has 0 radical (unpaired) electrons. The predicted molar refractivity (Wildman–Crippen MR) is 92.0 cm³/mol. The minimum absolute atomic E-state index is 0.115. The van der Waals surface area contributed by atoms with E-state index < -0.39 is 18.2 Å². The number of likely N-dealkylation sites (tertiary alicyclic amines) is 1. The van der Waals surface area contributed by atoms with Crippen LogP contribution in [0.25, 0.3) is 0 Å². The number of anilines is 1. The lowest BCUT2D eigenvalue weighted by atomic mass is 9.96. The fraction of sp³-hybridized carbons (Fsp3) is 0.500.